The number of nitrogens with zero attached hydrogens (tertiary/aromatic N) is 2. The molecule has 3 aromatic rings. The lowest BCUT2D eigenvalue weighted by Crippen LogP contribution is -2.49. The molecule has 182 valence electrons. The highest BCUT2D eigenvalue weighted by atomic mass is 19.3. The lowest BCUT2D eigenvalue weighted by Gasteiger charge is -2.32. The summed E-state index contributed by atoms with van der Waals surface area (Å²) in [4.78, 5) is 12.2. The molecule has 1 aliphatic rings. The summed E-state index contributed by atoms with van der Waals surface area (Å²) in [6.45, 7) is 5.07. The predicted octanol–water partition coefficient (Wildman–Crippen LogP) is 5.65. The van der Waals surface area contributed by atoms with Crippen LogP contribution in [0.15, 0.2) is 54.7 Å². The van der Waals surface area contributed by atoms with Gasteiger partial charge in [-0.1, -0.05) is 44.2 Å². The van der Waals surface area contributed by atoms with Gasteiger partial charge in [-0.2, -0.15) is 13.9 Å². The number of nitrogens with one attached hydrogen (secondary N) is 1. The van der Waals surface area contributed by atoms with Gasteiger partial charge in [-0.05, 0) is 48.9 Å². The van der Waals surface area contributed by atoms with Crippen LogP contribution in [0.5, 0.6) is 5.75 Å². The van der Waals surface area contributed by atoms with E-state index in [1.165, 1.54) is 0 Å². The Kier molecular flexibility index (Phi) is 7.16. The second kappa shape index (κ2) is 10.1. The van der Waals surface area contributed by atoms with Gasteiger partial charge in [-0.3, -0.25) is 4.79 Å². The molecule has 4 rings (SSSR count). The van der Waals surface area contributed by atoms with Gasteiger partial charge in [0.2, 0.25) is 0 Å². The average molecular weight is 472 g/mol. The molecule has 1 unspecified atom stereocenters. The molecule has 1 N–H and O–H groups in total. The number of fused-ring (bicyclic) bond motifs is 1. The number of carbonyl (C=O) groups excluding carboxylic acids is 1. The van der Waals surface area contributed by atoms with E-state index in [0.29, 0.717) is 12.7 Å². The second-order valence-corrected chi connectivity index (χ2v) is 9.21. The Hall–Kier alpha value is -3.00. The van der Waals surface area contributed by atoms with Crippen LogP contribution in [0, 0.1) is 5.92 Å². The van der Waals surface area contributed by atoms with Crippen molar-refractivity contribution in [3.05, 3.63) is 60.3 Å². The lowest BCUT2D eigenvalue weighted by atomic mass is 9.92. The fraction of sp³-hybridized carbons (Fsp3) is 0.462. The van der Waals surface area contributed by atoms with Crippen molar-refractivity contribution in [1.29, 1.82) is 0 Å². The van der Waals surface area contributed by atoms with Crippen LogP contribution in [0.2, 0.25) is 0 Å². The average Bonchev–Trinajstić information content (AvgIpc) is 3.25. The number of amides is 1. The molecular formula is C26H31F2N3O3. The zero-order chi connectivity index (χ0) is 24.3. The van der Waals surface area contributed by atoms with Gasteiger partial charge in [-0.15, -0.1) is 0 Å². The van der Waals surface area contributed by atoms with Crippen molar-refractivity contribution >= 4 is 16.8 Å². The minimum atomic E-state index is -3.48. The molecule has 0 spiro atoms. The minimum absolute atomic E-state index is 0.0775. The molecular weight excluding hydrogens is 440 g/mol. The van der Waals surface area contributed by atoms with E-state index in [9.17, 15) is 13.6 Å². The third-order valence-electron chi connectivity index (χ3n) is 6.13. The molecule has 1 amide bonds. The molecule has 3 atom stereocenters. The number of hydrogen-bond acceptors (Lipinski definition) is 4. The first-order valence-corrected chi connectivity index (χ1v) is 11.7. The molecule has 1 fully saturated rings. The number of benzene rings is 2. The van der Waals surface area contributed by atoms with Gasteiger partial charge < -0.3 is 14.8 Å². The van der Waals surface area contributed by atoms with Crippen LogP contribution in [0.25, 0.3) is 10.9 Å². The fourth-order valence-corrected chi connectivity index (χ4v) is 4.26. The van der Waals surface area contributed by atoms with Crippen LogP contribution >= 0.6 is 0 Å². The van der Waals surface area contributed by atoms with Gasteiger partial charge in [0.1, 0.15) is 11.9 Å². The highest BCUT2D eigenvalue weighted by molar-refractivity contribution is 5.83. The lowest BCUT2D eigenvalue weighted by molar-refractivity contribution is -0.145. The van der Waals surface area contributed by atoms with Crippen LogP contribution in [-0.2, 0) is 9.53 Å². The third-order valence-corrected chi connectivity index (χ3v) is 6.13. The Balaban J connectivity index is 1.64. The number of aromatic nitrogens is 2. The summed E-state index contributed by atoms with van der Waals surface area (Å²) in [5.41, 5.74) is 1.72. The van der Waals surface area contributed by atoms with E-state index in [1.807, 2.05) is 67.1 Å². The first kappa shape index (κ1) is 24.1. The normalized spacial score (nSPS) is 18.6. The zero-order valence-corrected chi connectivity index (χ0v) is 19.7. The topological polar surface area (TPSA) is 65.4 Å². The van der Waals surface area contributed by atoms with Crippen LogP contribution in [-0.4, -0.2) is 34.3 Å². The van der Waals surface area contributed by atoms with E-state index >= 15 is 0 Å². The Morgan fingerprint density at radius 2 is 1.97 bits per heavy atom. The summed E-state index contributed by atoms with van der Waals surface area (Å²) >= 11 is 0. The molecule has 2 aromatic carbocycles. The maximum atomic E-state index is 13.7. The molecule has 1 aromatic heterocycles. The van der Waals surface area contributed by atoms with Gasteiger partial charge >= 0.3 is 5.92 Å². The molecule has 0 bridgehead atoms. The number of halogens is 2. The fourth-order valence-electron chi connectivity index (χ4n) is 4.26. The number of hydrogen-bond donors (Lipinski definition) is 1. The minimum Gasteiger partial charge on any atom is -0.484 e. The van der Waals surface area contributed by atoms with E-state index in [0.717, 1.165) is 42.3 Å². The summed E-state index contributed by atoms with van der Waals surface area (Å²) in [7, 11) is 0. The number of carbonyl (C=O) groups is 1. The van der Waals surface area contributed by atoms with Gasteiger partial charge in [0.25, 0.3) is 5.91 Å². The summed E-state index contributed by atoms with van der Waals surface area (Å²) in [5, 5.41) is 7.93. The van der Waals surface area contributed by atoms with Crippen molar-refractivity contribution in [2.24, 2.45) is 5.92 Å². The first-order valence-electron chi connectivity index (χ1n) is 11.7. The molecule has 6 nitrogen and oxygen atoms in total. The summed E-state index contributed by atoms with van der Waals surface area (Å²) < 4.78 is 41.5. The maximum Gasteiger partial charge on any atom is 0.321 e. The van der Waals surface area contributed by atoms with Crippen molar-refractivity contribution in [3.8, 4) is 5.75 Å². The first-order chi connectivity index (χ1) is 16.2. The monoisotopic (exact) mass is 471 g/mol. The van der Waals surface area contributed by atoms with Crippen molar-refractivity contribution < 1.29 is 23.0 Å². The van der Waals surface area contributed by atoms with Crippen molar-refractivity contribution in [3.63, 3.8) is 0 Å². The Morgan fingerprint density at radius 3 is 2.62 bits per heavy atom. The Bertz CT molecular complexity index is 1110. The van der Waals surface area contributed by atoms with Crippen molar-refractivity contribution in [1.82, 2.24) is 15.1 Å². The molecule has 0 saturated carbocycles. The van der Waals surface area contributed by atoms with Crippen LogP contribution in [0.1, 0.15) is 57.9 Å². The second-order valence-electron chi connectivity index (χ2n) is 9.21. The summed E-state index contributed by atoms with van der Waals surface area (Å²) in [5.74, 6) is -4.40. The van der Waals surface area contributed by atoms with E-state index in [-0.39, 0.29) is 12.1 Å². The van der Waals surface area contributed by atoms with E-state index in [1.54, 1.807) is 6.20 Å². The van der Waals surface area contributed by atoms with Gasteiger partial charge in [0.05, 0.1) is 17.8 Å². The van der Waals surface area contributed by atoms with E-state index in [4.69, 9.17) is 9.47 Å². The number of ether oxygens (including phenoxy) is 2. The molecule has 0 aliphatic carbocycles. The van der Waals surface area contributed by atoms with Gasteiger partial charge in [0, 0.05) is 18.9 Å². The third kappa shape index (κ3) is 5.38. The molecule has 0 radical (unpaired) electrons. The van der Waals surface area contributed by atoms with Crippen LogP contribution in [0.4, 0.5) is 8.78 Å². The molecule has 8 heteroatoms. The summed E-state index contributed by atoms with van der Waals surface area (Å²) in [6, 6.07) is 14.3. The molecule has 34 heavy (non-hydrogen) atoms. The SMILES string of the molecule is CC(C)[C@H](NC(=O)C(C)(F)F)[C@H](Oc1ccc2c(cnn2C2CCCCO2)c1)c1ccccc1. The smallest absolute Gasteiger partial charge is 0.321 e. The van der Waals surface area contributed by atoms with Gasteiger partial charge in [-0.25, -0.2) is 4.68 Å². The quantitative estimate of drug-likeness (QED) is 0.461. The van der Waals surface area contributed by atoms with Crippen LogP contribution in [0.3, 0.4) is 0 Å². The zero-order valence-electron chi connectivity index (χ0n) is 19.7. The molecule has 1 saturated heterocycles. The van der Waals surface area contributed by atoms with Gasteiger partial charge in [0.15, 0.2) is 6.23 Å². The Labute approximate surface area is 198 Å². The van der Waals surface area contributed by atoms with E-state index < -0.39 is 24.0 Å². The molecule has 2 heterocycles. The van der Waals surface area contributed by atoms with E-state index in [2.05, 4.69) is 10.4 Å². The number of rotatable bonds is 8. The van der Waals surface area contributed by atoms with Crippen LogP contribution < -0.4 is 10.1 Å². The van der Waals surface area contributed by atoms with Crippen molar-refractivity contribution in [2.45, 2.75) is 64.3 Å². The summed E-state index contributed by atoms with van der Waals surface area (Å²) in [6.07, 6.45) is 4.12. The predicted molar refractivity (Wildman–Crippen MR) is 126 cm³/mol. The maximum absolute atomic E-state index is 13.7. The number of alkyl halides is 2. The van der Waals surface area contributed by atoms with Crippen molar-refractivity contribution in [2.75, 3.05) is 6.61 Å². The standard InChI is InChI=1S/C26H31F2N3O3/c1-17(2)23(30-25(32)26(3,27)28)24(18-9-5-4-6-10-18)34-20-12-13-21-19(15-20)16-29-31(21)22-11-7-8-14-33-22/h4-6,9-10,12-13,15-17,22-24H,7-8,11,14H2,1-3H3,(H,30,32)/t22?,23-,24+/m0/s1. The highest BCUT2D eigenvalue weighted by Crippen LogP contribution is 2.32. The Morgan fingerprint density at radius 1 is 1.21 bits per heavy atom. The molecule has 1 aliphatic heterocycles. The highest BCUT2D eigenvalue weighted by Gasteiger charge is 2.37. The largest absolute Gasteiger partial charge is 0.484 e.